The lowest BCUT2D eigenvalue weighted by Gasteiger charge is -2.18. The first-order chi connectivity index (χ1) is 20.3. The fourth-order valence-electron chi connectivity index (χ4n) is 5.91. The van der Waals surface area contributed by atoms with E-state index in [0.717, 1.165) is 16.8 Å². The van der Waals surface area contributed by atoms with Crippen LogP contribution in [0.2, 0.25) is 0 Å². The van der Waals surface area contributed by atoms with Gasteiger partial charge in [-0.2, -0.15) is 0 Å². The minimum absolute atomic E-state index is 0.642. The van der Waals surface area contributed by atoms with Crippen LogP contribution in [0.3, 0.4) is 0 Å². The van der Waals surface area contributed by atoms with Gasteiger partial charge in [-0.15, -0.1) is 0 Å². The molecule has 192 valence electrons. The van der Waals surface area contributed by atoms with Crippen molar-refractivity contribution in [2.75, 3.05) is 0 Å². The molecule has 6 aromatic carbocycles. The zero-order chi connectivity index (χ0) is 27.2. The Morgan fingerprint density at radius 1 is 0.463 bits per heavy atom. The summed E-state index contributed by atoms with van der Waals surface area (Å²) >= 11 is 0. The van der Waals surface area contributed by atoms with Crippen LogP contribution < -0.4 is 0 Å². The Balaban J connectivity index is 1.34. The number of nitrogens with zero attached hydrogens (tertiary/aromatic N) is 4. The van der Waals surface area contributed by atoms with Crippen LogP contribution in [0.15, 0.2) is 146 Å². The first-order valence-corrected chi connectivity index (χ1v) is 13.7. The van der Waals surface area contributed by atoms with Crippen molar-refractivity contribution in [3.8, 4) is 44.6 Å². The molecule has 2 aromatic heterocycles. The fourth-order valence-corrected chi connectivity index (χ4v) is 5.91. The molecule has 4 heteroatoms. The number of benzene rings is 6. The summed E-state index contributed by atoms with van der Waals surface area (Å²) in [5, 5.41) is 5.01. The zero-order valence-electron chi connectivity index (χ0n) is 22.1. The Bertz CT molecular complexity index is 2150. The van der Waals surface area contributed by atoms with Crippen molar-refractivity contribution < 1.29 is 0 Å². The second kappa shape index (κ2) is 9.54. The van der Waals surface area contributed by atoms with Gasteiger partial charge in [0.1, 0.15) is 12.7 Å². The summed E-state index contributed by atoms with van der Waals surface area (Å²) < 4.78 is 1.84. The summed E-state index contributed by atoms with van der Waals surface area (Å²) in [5.74, 6) is 0.642. The third-order valence-electron chi connectivity index (χ3n) is 7.81. The molecule has 2 heterocycles. The summed E-state index contributed by atoms with van der Waals surface area (Å²) in [6.07, 6.45) is 5.20. The Morgan fingerprint density at radius 3 is 1.68 bits per heavy atom. The smallest absolute Gasteiger partial charge is 0.237 e. The Labute approximate surface area is 237 Å². The molecule has 0 N–H and O–H groups in total. The molecule has 0 spiro atoms. The quantitative estimate of drug-likeness (QED) is 0.216. The molecule has 0 amide bonds. The highest BCUT2D eigenvalue weighted by molar-refractivity contribution is 6.21. The molecule has 0 fully saturated rings. The van der Waals surface area contributed by atoms with Crippen LogP contribution in [0.4, 0.5) is 0 Å². The van der Waals surface area contributed by atoms with E-state index in [1.165, 1.54) is 55.7 Å². The van der Waals surface area contributed by atoms with Crippen LogP contribution in [-0.4, -0.2) is 19.4 Å². The Hall–Kier alpha value is -5.61. The maximum atomic E-state index is 4.65. The highest BCUT2D eigenvalue weighted by atomic mass is 15.1. The van der Waals surface area contributed by atoms with Crippen molar-refractivity contribution in [3.05, 3.63) is 146 Å². The van der Waals surface area contributed by atoms with Crippen molar-refractivity contribution in [2.24, 2.45) is 0 Å². The van der Waals surface area contributed by atoms with Gasteiger partial charge in [-0.1, -0.05) is 121 Å². The van der Waals surface area contributed by atoms with Gasteiger partial charge in [0.2, 0.25) is 5.78 Å². The van der Waals surface area contributed by atoms with Gasteiger partial charge >= 0.3 is 0 Å². The number of hydrogen-bond acceptors (Lipinski definition) is 3. The Kier molecular flexibility index (Phi) is 5.42. The monoisotopic (exact) mass is 524 g/mol. The SMILES string of the molecule is c1ccc(-c2c3ccccc3c(-c3ccccc3)c3cc(-c4ccc(-c5cn6cncnc6n5)cc4)ccc23)cc1. The molecule has 8 aromatic rings. The van der Waals surface area contributed by atoms with E-state index in [-0.39, 0.29) is 0 Å². The summed E-state index contributed by atoms with van der Waals surface area (Å²) in [5.41, 5.74) is 9.23. The standard InChI is InChI=1S/C37H24N4/c1-3-9-27(10-4-1)35-30-13-7-8-14-31(30)36(28-11-5-2-6-12-28)33-21-29(19-20-32(33)35)25-15-17-26(18-16-25)34-22-41-24-38-23-39-37(41)40-34/h1-24H. The second-order valence-corrected chi connectivity index (χ2v) is 10.2. The number of hydrogen-bond donors (Lipinski definition) is 0. The van der Waals surface area contributed by atoms with E-state index in [0.29, 0.717) is 5.78 Å². The molecular weight excluding hydrogens is 500 g/mol. The molecule has 0 aliphatic rings. The van der Waals surface area contributed by atoms with Crippen molar-refractivity contribution in [3.63, 3.8) is 0 Å². The average molecular weight is 525 g/mol. The summed E-state index contributed by atoms with van der Waals surface area (Å²) in [7, 11) is 0. The van der Waals surface area contributed by atoms with Crippen molar-refractivity contribution in [1.82, 2.24) is 19.4 Å². The summed E-state index contributed by atoms with van der Waals surface area (Å²) in [4.78, 5) is 13.0. The molecule has 0 aliphatic heterocycles. The van der Waals surface area contributed by atoms with Crippen LogP contribution in [0.25, 0.3) is 72.0 Å². The van der Waals surface area contributed by atoms with Crippen molar-refractivity contribution >= 4 is 27.3 Å². The fraction of sp³-hybridized carbons (Fsp3) is 0. The zero-order valence-corrected chi connectivity index (χ0v) is 22.1. The number of aromatic nitrogens is 4. The minimum atomic E-state index is 0.642. The maximum Gasteiger partial charge on any atom is 0.237 e. The summed E-state index contributed by atoms with van der Waals surface area (Å²) in [6.45, 7) is 0. The molecule has 0 saturated heterocycles. The molecule has 0 saturated carbocycles. The predicted octanol–water partition coefficient (Wildman–Crippen LogP) is 9.10. The molecule has 4 nitrogen and oxygen atoms in total. The van der Waals surface area contributed by atoms with Gasteiger partial charge in [-0.3, -0.25) is 4.40 Å². The number of imidazole rings is 1. The molecule has 0 aliphatic carbocycles. The first kappa shape index (κ1) is 23.3. The third kappa shape index (κ3) is 3.97. The van der Waals surface area contributed by atoms with Gasteiger partial charge < -0.3 is 0 Å². The van der Waals surface area contributed by atoms with Gasteiger partial charge in [-0.25, -0.2) is 15.0 Å². The van der Waals surface area contributed by atoms with Crippen molar-refractivity contribution in [2.45, 2.75) is 0 Å². The van der Waals surface area contributed by atoms with Crippen LogP contribution in [0, 0.1) is 0 Å². The summed E-state index contributed by atoms with van der Waals surface area (Å²) in [6, 6.07) is 45.8. The van der Waals surface area contributed by atoms with Gasteiger partial charge in [0.05, 0.1) is 5.69 Å². The first-order valence-electron chi connectivity index (χ1n) is 13.7. The normalized spacial score (nSPS) is 11.4. The van der Waals surface area contributed by atoms with Crippen molar-refractivity contribution in [1.29, 1.82) is 0 Å². The largest absolute Gasteiger partial charge is 0.274 e. The van der Waals surface area contributed by atoms with Crippen LogP contribution in [-0.2, 0) is 0 Å². The molecule has 41 heavy (non-hydrogen) atoms. The van der Waals surface area contributed by atoms with Gasteiger partial charge in [0.25, 0.3) is 0 Å². The molecule has 8 rings (SSSR count). The molecule has 0 radical (unpaired) electrons. The van der Waals surface area contributed by atoms with E-state index in [4.69, 9.17) is 0 Å². The number of rotatable bonds is 4. The average Bonchev–Trinajstić information content (AvgIpc) is 3.49. The lowest BCUT2D eigenvalue weighted by Crippen LogP contribution is -1.91. The van der Waals surface area contributed by atoms with Crippen LogP contribution in [0.5, 0.6) is 0 Å². The van der Waals surface area contributed by atoms with E-state index in [9.17, 15) is 0 Å². The third-order valence-corrected chi connectivity index (χ3v) is 7.81. The van der Waals surface area contributed by atoms with E-state index >= 15 is 0 Å². The lowest BCUT2D eigenvalue weighted by atomic mass is 9.85. The maximum absolute atomic E-state index is 4.65. The topological polar surface area (TPSA) is 43.1 Å². The van der Waals surface area contributed by atoms with Crippen LogP contribution >= 0.6 is 0 Å². The molecular formula is C37H24N4. The van der Waals surface area contributed by atoms with Gasteiger partial charge in [0, 0.05) is 11.8 Å². The predicted molar refractivity (Wildman–Crippen MR) is 168 cm³/mol. The van der Waals surface area contributed by atoms with E-state index in [1.807, 2.05) is 10.6 Å². The Morgan fingerprint density at radius 2 is 1.02 bits per heavy atom. The second-order valence-electron chi connectivity index (χ2n) is 10.2. The minimum Gasteiger partial charge on any atom is -0.274 e. The van der Waals surface area contributed by atoms with E-state index in [1.54, 1.807) is 6.33 Å². The lowest BCUT2D eigenvalue weighted by molar-refractivity contribution is 1.01. The molecule has 0 atom stereocenters. The van der Waals surface area contributed by atoms with Gasteiger partial charge in [0.15, 0.2) is 0 Å². The van der Waals surface area contributed by atoms with E-state index < -0.39 is 0 Å². The molecule has 0 unspecified atom stereocenters. The molecule has 0 bridgehead atoms. The highest BCUT2D eigenvalue weighted by Crippen LogP contribution is 2.44. The highest BCUT2D eigenvalue weighted by Gasteiger charge is 2.17. The van der Waals surface area contributed by atoms with Crippen LogP contribution in [0.1, 0.15) is 0 Å². The van der Waals surface area contributed by atoms with Gasteiger partial charge in [-0.05, 0) is 61.0 Å². The van der Waals surface area contributed by atoms with E-state index in [2.05, 4.69) is 142 Å². The number of fused-ring (bicyclic) bond motifs is 3.